The molecule has 3 N–H and O–H groups in total. The summed E-state index contributed by atoms with van der Waals surface area (Å²) in [6, 6.07) is 9.96. The normalized spacial score (nSPS) is 12.1. The van der Waals surface area contributed by atoms with Crippen molar-refractivity contribution in [2.75, 3.05) is 19.8 Å². The Hall–Kier alpha value is -1.39. The smallest absolute Gasteiger partial charge is 0.246 e. The summed E-state index contributed by atoms with van der Waals surface area (Å²) >= 11 is 0. The van der Waals surface area contributed by atoms with Crippen molar-refractivity contribution in [1.29, 1.82) is 0 Å². The number of hydrogen-bond acceptors (Lipinski definition) is 3. The van der Waals surface area contributed by atoms with E-state index < -0.39 is 0 Å². The lowest BCUT2D eigenvalue weighted by atomic mass is 10.0. The molecule has 0 fully saturated rings. The molecule has 0 bridgehead atoms. The van der Waals surface area contributed by atoms with Gasteiger partial charge >= 0.3 is 0 Å². The maximum atomic E-state index is 11.6. The van der Waals surface area contributed by atoms with Crippen LogP contribution in [0.4, 0.5) is 0 Å². The highest BCUT2D eigenvalue weighted by atomic mass is 16.5. The molecule has 4 nitrogen and oxygen atoms in total. The van der Waals surface area contributed by atoms with Gasteiger partial charge in [0.1, 0.15) is 6.61 Å². The van der Waals surface area contributed by atoms with Gasteiger partial charge < -0.3 is 15.8 Å². The molecule has 0 aliphatic rings. The van der Waals surface area contributed by atoms with Crippen molar-refractivity contribution in [2.24, 2.45) is 5.73 Å². The molecule has 0 aliphatic carbocycles. The van der Waals surface area contributed by atoms with Gasteiger partial charge in [0.25, 0.3) is 0 Å². The van der Waals surface area contributed by atoms with E-state index in [1.165, 1.54) is 0 Å². The molecule has 0 spiro atoms. The van der Waals surface area contributed by atoms with Crippen molar-refractivity contribution < 1.29 is 9.53 Å². The number of nitrogens with two attached hydrogens (primary N) is 1. The Morgan fingerprint density at radius 2 is 2.12 bits per heavy atom. The van der Waals surface area contributed by atoms with Crippen LogP contribution >= 0.6 is 0 Å². The Bertz CT molecular complexity index is 327. The van der Waals surface area contributed by atoms with Gasteiger partial charge in [0.2, 0.25) is 5.91 Å². The van der Waals surface area contributed by atoms with Crippen LogP contribution in [0.1, 0.15) is 24.9 Å². The van der Waals surface area contributed by atoms with Gasteiger partial charge in [-0.2, -0.15) is 0 Å². The molecular formula is C13H20N2O2. The molecule has 1 rings (SSSR count). The Morgan fingerprint density at radius 3 is 2.71 bits per heavy atom. The van der Waals surface area contributed by atoms with Crippen LogP contribution in [0.5, 0.6) is 0 Å². The molecule has 1 aromatic carbocycles. The monoisotopic (exact) mass is 236 g/mol. The van der Waals surface area contributed by atoms with Gasteiger partial charge in [0.05, 0.1) is 12.6 Å². The van der Waals surface area contributed by atoms with Crippen LogP contribution in [-0.2, 0) is 9.53 Å². The summed E-state index contributed by atoms with van der Waals surface area (Å²) in [5, 5.41) is 2.94. The van der Waals surface area contributed by atoms with Crippen LogP contribution in [0.2, 0.25) is 0 Å². The van der Waals surface area contributed by atoms with Gasteiger partial charge in [-0.25, -0.2) is 0 Å². The van der Waals surface area contributed by atoms with E-state index in [0.717, 1.165) is 12.0 Å². The maximum Gasteiger partial charge on any atom is 0.246 e. The average Bonchev–Trinajstić information content (AvgIpc) is 2.37. The Labute approximate surface area is 102 Å². The minimum atomic E-state index is -0.103. The van der Waals surface area contributed by atoms with Gasteiger partial charge in [-0.3, -0.25) is 4.79 Å². The van der Waals surface area contributed by atoms with E-state index in [9.17, 15) is 4.79 Å². The topological polar surface area (TPSA) is 64.3 Å². The van der Waals surface area contributed by atoms with Crippen molar-refractivity contribution >= 4 is 5.91 Å². The molecule has 0 radical (unpaired) electrons. The quantitative estimate of drug-likeness (QED) is 0.700. The summed E-state index contributed by atoms with van der Waals surface area (Å²) in [6.45, 7) is 2.96. The highest BCUT2D eigenvalue weighted by molar-refractivity contribution is 5.77. The zero-order valence-corrected chi connectivity index (χ0v) is 10.2. The molecule has 94 valence electrons. The van der Waals surface area contributed by atoms with Crippen molar-refractivity contribution in [3.63, 3.8) is 0 Å². The van der Waals surface area contributed by atoms with Crippen molar-refractivity contribution in [3.8, 4) is 0 Å². The second-order valence-electron chi connectivity index (χ2n) is 3.78. The number of hydrogen-bond donors (Lipinski definition) is 2. The molecule has 0 heterocycles. The number of carbonyl (C=O) groups excluding carboxylic acids is 1. The van der Waals surface area contributed by atoms with Crippen LogP contribution in [0.3, 0.4) is 0 Å². The van der Waals surface area contributed by atoms with Crippen molar-refractivity contribution in [1.82, 2.24) is 5.32 Å². The molecule has 0 aromatic heterocycles. The van der Waals surface area contributed by atoms with Crippen molar-refractivity contribution in [3.05, 3.63) is 35.9 Å². The summed E-state index contributed by atoms with van der Waals surface area (Å²) in [5.74, 6) is -0.103. The van der Waals surface area contributed by atoms with Crippen LogP contribution in [0.25, 0.3) is 0 Å². The lowest BCUT2D eigenvalue weighted by Gasteiger charge is -2.17. The Balaban J connectivity index is 2.44. The molecule has 1 amide bonds. The number of benzene rings is 1. The molecule has 1 aromatic rings. The maximum absolute atomic E-state index is 11.6. The number of amides is 1. The van der Waals surface area contributed by atoms with Crippen LogP contribution in [0, 0.1) is 0 Å². The zero-order valence-electron chi connectivity index (χ0n) is 10.2. The lowest BCUT2D eigenvalue weighted by Crippen LogP contribution is -2.32. The number of nitrogens with one attached hydrogen (secondary N) is 1. The largest absolute Gasteiger partial charge is 0.370 e. The molecule has 0 saturated carbocycles. The molecule has 1 unspecified atom stereocenters. The first-order valence-corrected chi connectivity index (χ1v) is 5.90. The highest BCUT2D eigenvalue weighted by Crippen LogP contribution is 2.15. The van der Waals surface area contributed by atoms with Gasteiger partial charge in [-0.15, -0.1) is 0 Å². The summed E-state index contributed by atoms with van der Waals surface area (Å²) in [6.07, 6.45) is 0.854. The average molecular weight is 236 g/mol. The van der Waals surface area contributed by atoms with Crippen LogP contribution in [0.15, 0.2) is 30.3 Å². The third-order valence-corrected chi connectivity index (χ3v) is 2.44. The molecule has 0 aliphatic heterocycles. The standard InChI is InChI=1S/C13H20N2O2/c1-2-12(11-6-4-3-5-7-11)15-13(16)10-17-9-8-14/h3-7,12H,2,8-10,14H2,1H3,(H,15,16). The van der Waals surface area contributed by atoms with E-state index in [0.29, 0.717) is 13.2 Å². The summed E-state index contributed by atoms with van der Waals surface area (Å²) in [7, 11) is 0. The fourth-order valence-corrected chi connectivity index (χ4v) is 1.59. The molecule has 4 heteroatoms. The number of rotatable bonds is 7. The van der Waals surface area contributed by atoms with E-state index in [2.05, 4.69) is 5.32 Å². The summed E-state index contributed by atoms with van der Waals surface area (Å²) in [5.41, 5.74) is 6.39. The minimum Gasteiger partial charge on any atom is -0.370 e. The first-order valence-electron chi connectivity index (χ1n) is 5.90. The fraction of sp³-hybridized carbons (Fsp3) is 0.462. The van der Waals surface area contributed by atoms with Gasteiger partial charge in [0.15, 0.2) is 0 Å². The van der Waals surface area contributed by atoms with Crippen LogP contribution in [-0.4, -0.2) is 25.7 Å². The van der Waals surface area contributed by atoms with Crippen molar-refractivity contribution in [2.45, 2.75) is 19.4 Å². The van der Waals surface area contributed by atoms with Gasteiger partial charge in [-0.05, 0) is 12.0 Å². The van der Waals surface area contributed by atoms with Crippen LogP contribution < -0.4 is 11.1 Å². The molecule has 1 atom stereocenters. The first-order chi connectivity index (χ1) is 8.27. The van der Waals surface area contributed by atoms with E-state index in [1.807, 2.05) is 37.3 Å². The summed E-state index contributed by atoms with van der Waals surface area (Å²) < 4.78 is 5.09. The third kappa shape index (κ3) is 4.97. The van der Waals surface area contributed by atoms with E-state index in [-0.39, 0.29) is 18.6 Å². The lowest BCUT2D eigenvalue weighted by molar-refractivity contribution is -0.126. The molecule has 0 saturated heterocycles. The SMILES string of the molecule is CCC(NC(=O)COCCN)c1ccccc1. The number of carbonyl (C=O) groups is 1. The van der Waals surface area contributed by atoms with Gasteiger partial charge in [0, 0.05) is 6.54 Å². The summed E-state index contributed by atoms with van der Waals surface area (Å²) in [4.78, 5) is 11.6. The Kier molecular flexibility index (Phi) is 6.29. The second kappa shape index (κ2) is 7.81. The highest BCUT2D eigenvalue weighted by Gasteiger charge is 2.11. The Morgan fingerprint density at radius 1 is 1.41 bits per heavy atom. The third-order valence-electron chi connectivity index (χ3n) is 2.44. The predicted octanol–water partition coefficient (Wildman–Crippen LogP) is 1.23. The van der Waals surface area contributed by atoms with E-state index in [4.69, 9.17) is 10.5 Å². The fourth-order valence-electron chi connectivity index (χ4n) is 1.59. The minimum absolute atomic E-state index is 0.0465. The number of ether oxygens (including phenoxy) is 1. The van der Waals surface area contributed by atoms with E-state index in [1.54, 1.807) is 0 Å². The zero-order chi connectivity index (χ0) is 12.5. The molecular weight excluding hydrogens is 216 g/mol. The van der Waals surface area contributed by atoms with Gasteiger partial charge in [-0.1, -0.05) is 37.3 Å². The van der Waals surface area contributed by atoms with E-state index >= 15 is 0 Å². The first kappa shape index (κ1) is 13.7. The predicted molar refractivity (Wildman–Crippen MR) is 67.5 cm³/mol. The second-order valence-corrected chi connectivity index (χ2v) is 3.78. The molecule has 17 heavy (non-hydrogen) atoms.